The lowest BCUT2D eigenvalue weighted by Crippen LogP contribution is -2.30. The first kappa shape index (κ1) is 16.2. The van der Waals surface area contributed by atoms with Gasteiger partial charge < -0.3 is 9.73 Å². The highest BCUT2D eigenvalue weighted by atomic mass is 32.2. The van der Waals surface area contributed by atoms with Crippen LogP contribution in [-0.4, -0.2) is 17.4 Å². The summed E-state index contributed by atoms with van der Waals surface area (Å²) >= 11 is 4.01. The Morgan fingerprint density at radius 3 is 2.67 bits per heavy atom. The van der Waals surface area contributed by atoms with Crippen molar-refractivity contribution in [3.05, 3.63) is 59.0 Å². The molecule has 0 spiro atoms. The van der Waals surface area contributed by atoms with Crippen molar-refractivity contribution in [2.24, 2.45) is 0 Å². The molecule has 2 heterocycles. The normalized spacial score (nSPS) is 21.2. The fraction of sp³-hybridized carbons (Fsp3) is 0.421. The van der Waals surface area contributed by atoms with Crippen molar-refractivity contribution in [2.75, 3.05) is 11.5 Å². The van der Waals surface area contributed by atoms with E-state index in [0.717, 1.165) is 36.1 Å². The van der Waals surface area contributed by atoms with Gasteiger partial charge in [-0.05, 0) is 54.5 Å². The monoisotopic (exact) mass is 359 g/mol. The molecule has 0 bridgehead atoms. The zero-order valence-electron chi connectivity index (χ0n) is 13.5. The first-order valence-electron chi connectivity index (χ1n) is 8.51. The SMILES string of the molecule is O=C(NC1CCCc2occc21)c1ccc(C2SCCCS2)cc1. The molecule has 1 aromatic heterocycles. The Labute approximate surface area is 151 Å². The van der Waals surface area contributed by atoms with Crippen LogP contribution in [0, 0.1) is 0 Å². The summed E-state index contributed by atoms with van der Waals surface area (Å²) in [5.41, 5.74) is 3.19. The molecule has 24 heavy (non-hydrogen) atoms. The number of rotatable bonds is 3. The lowest BCUT2D eigenvalue weighted by Gasteiger charge is -2.23. The van der Waals surface area contributed by atoms with Crippen LogP contribution in [0.5, 0.6) is 0 Å². The molecule has 0 radical (unpaired) electrons. The lowest BCUT2D eigenvalue weighted by molar-refractivity contribution is 0.0932. The summed E-state index contributed by atoms with van der Waals surface area (Å²) in [7, 11) is 0. The molecule has 1 N–H and O–H groups in total. The van der Waals surface area contributed by atoms with Crippen LogP contribution in [0.3, 0.4) is 0 Å². The van der Waals surface area contributed by atoms with Gasteiger partial charge in [-0.3, -0.25) is 4.79 Å². The molecule has 0 saturated carbocycles. The minimum atomic E-state index is 0.00421. The quantitative estimate of drug-likeness (QED) is 0.841. The van der Waals surface area contributed by atoms with Crippen molar-refractivity contribution in [1.29, 1.82) is 0 Å². The van der Waals surface area contributed by atoms with Gasteiger partial charge in [0.25, 0.3) is 5.91 Å². The van der Waals surface area contributed by atoms with Crippen LogP contribution in [0.15, 0.2) is 41.0 Å². The third-order valence-electron chi connectivity index (χ3n) is 4.63. The van der Waals surface area contributed by atoms with Crippen LogP contribution in [0.1, 0.15) is 57.1 Å². The summed E-state index contributed by atoms with van der Waals surface area (Å²) < 4.78 is 6.02. The molecule has 1 aliphatic heterocycles. The van der Waals surface area contributed by atoms with E-state index in [0.29, 0.717) is 4.58 Å². The Balaban J connectivity index is 1.43. The summed E-state index contributed by atoms with van der Waals surface area (Å²) in [5.74, 6) is 3.49. The van der Waals surface area contributed by atoms with E-state index < -0.39 is 0 Å². The van der Waals surface area contributed by atoms with Crippen LogP contribution in [0.4, 0.5) is 0 Å². The largest absolute Gasteiger partial charge is 0.469 e. The molecule has 1 saturated heterocycles. The molecule has 1 atom stereocenters. The highest BCUT2D eigenvalue weighted by Gasteiger charge is 2.24. The van der Waals surface area contributed by atoms with Gasteiger partial charge in [-0.15, -0.1) is 23.5 Å². The number of hydrogen-bond donors (Lipinski definition) is 1. The van der Waals surface area contributed by atoms with E-state index in [1.807, 2.05) is 41.7 Å². The molecule has 1 aromatic carbocycles. The van der Waals surface area contributed by atoms with Gasteiger partial charge in [0.2, 0.25) is 0 Å². The van der Waals surface area contributed by atoms with Gasteiger partial charge in [0.1, 0.15) is 5.76 Å². The van der Waals surface area contributed by atoms with Crippen LogP contribution < -0.4 is 5.32 Å². The van der Waals surface area contributed by atoms with Crippen molar-refractivity contribution in [3.63, 3.8) is 0 Å². The number of nitrogens with one attached hydrogen (secondary N) is 1. The summed E-state index contributed by atoms with van der Waals surface area (Å²) in [5, 5.41) is 3.17. The second-order valence-corrected chi connectivity index (χ2v) is 8.99. The van der Waals surface area contributed by atoms with Crippen molar-refractivity contribution in [3.8, 4) is 0 Å². The third kappa shape index (κ3) is 3.38. The lowest BCUT2D eigenvalue weighted by atomic mass is 9.93. The molecule has 2 aromatic rings. The zero-order valence-corrected chi connectivity index (χ0v) is 15.1. The second-order valence-electron chi connectivity index (χ2n) is 6.27. The van der Waals surface area contributed by atoms with Crippen molar-refractivity contribution < 1.29 is 9.21 Å². The van der Waals surface area contributed by atoms with Crippen LogP contribution in [0.2, 0.25) is 0 Å². The molecular formula is C19H21NO2S2. The van der Waals surface area contributed by atoms with E-state index in [2.05, 4.69) is 17.4 Å². The average molecular weight is 360 g/mol. The van der Waals surface area contributed by atoms with Gasteiger partial charge in [0.15, 0.2) is 0 Å². The first-order chi connectivity index (χ1) is 11.8. The number of aryl methyl sites for hydroxylation is 1. The Hall–Kier alpha value is -1.33. The predicted octanol–water partition coefficient (Wildman–Crippen LogP) is 4.96. The summed E-state index contributed by atoms with van der Waals surface area (Å²) in [6, 6.07) is 10.2. The smallest absolute Gasteiger partial charge is 0.251 e. The molecule has 3 nitrogen and oxygen atoms in total. The molecule has 1 fully saturated rings. The summed E-state index contributed by atoms with van der Waals surface area (Å²) in [4.78, 5) is 12.6. The molecule has 4 rings (SSSR count). The Bertz CT molecular complexity index is 704. The number of thioether (sulfide) groups is 2. The van der Waals surface area contributed by atoms with Crippen LogP contribution in [-0.2, 0) is 6.42 Å². The number of furan rings is 1. The number of carbonyl (C=O) groups is 1. The fourth-order valence-corrected chi connectivity index (χ4v) is 6.24. The molecular weight excluding hydrogens is 338 g/mol. The highest BCUT2D eigenvalue weighted by molar-refractivity contribution is 8.16. The molecule has 126 valence electrons. The molecule has 2 aliphatic rings. The van der Waals surface area contributed by atoms with E-state index in [4.69, 9.17) is 4.42 Å². The minimum Gasteiger partial charge on any atom is -0.469 e. The minimum absolute atomic E-state index is 0.00421. The van der Waals surface area contributed by atoms with Gasteiger partial charge >= 0.3 is 0 Å². The van der Waals surface area contributed by atoms with E-state index in [1.54, 1.807) is 6.26 Å². The molecule has 5 heteroatoms. The number of fused-ring (bicyclic) bond motifs is 1. The van der Waals surface area contributed by atoms with Gasteiger partial charge in [-0.2, -0.15) is 0 Å². The highest BCUT2D eigenvalue weighted by Crippen LogP contribution is 2.43. The van der Waals surface area contributed by atoms with Crippen LogP contribution in [0.25, 0.3) is 0 Å². The van der Waals surface area contributed by atoms with Crippen molar-refractivity contribution in [2.45, 2.75) is 36.3 Å². The summed E-state index contributed by atoms with van der Waals surface area (Å²) in [6.07, 6.45) is 6.03. The maximum Gasteiger partial charge on any atom is 0.251 e. The number of carbonyl (C=O) groups excluding carboxylic acids is 1. The van der Waals surface area contributed by atoms with Gasteiger partial charge in [-0.1, -0.05) is 12.1 Å². The maximum absolute atomic E-state index is 12.6. The average Bonchev–Trinajstić information content (AvgIpc) is 3.12. The fourth-order valence-electron chi connectivity index (χ4n) is 3.35. The van der Waals surface area contributed by atoms with Gasteiger partial charge in [-0.25, -0.2) is 0 Å². The Morgan fingerprint density at radius 1 is 1.08 bits per heavy atom. The first-order valence-corrected chi connectivity index (χ1v) is 10.6. The van der Waals surface area contributed by atoms with E-state index in [1.165, 1.54) is 23.5 Å². The topological polar surface area (TPSA) is 42.2 Å². The zero-order chi connectivity index (χ0) is 16.4. The molecule has 1 aliphatic carbocycles. The van der Waals surface area contributed by atoms with Crippen molar-refractivity contribution in [1.82, 2.24) is 5.32 Å². The standard InChI is InChI=1S/C19H21NO2S2/c21-18(20-16-3-1-4-17-15(16)9-10-22-17)13-5-7-14(8-6-13)19-23-11-2-12-24-19/h5-10,16,19H,1-4,11-12H2,(H,20,21). The van der Waals surface area contributed by atoms with Crippen LogP contribution >= 0.6 is 23.5 Å². The van der Waals surface area contributed by atoms with Gasteiger partial charge in [0, 0.05) is 17.5 Å². The predicted molar refractivity (Wildman–Crippen MR) is 101 cm³/mol. The van der Waals surface area contributed by atoms with Crippen molar-refractivity contribution >= 4 is 29.4 Å². The molecule has 1 amide bonds. The van der Waals surface area contributed by atoms with E-state index >= 15 is 0 Å². The third-order valence-corrected chi connectivity index (χ3v) is 7.64. The molecule has 1 unspecified atom stereocenters. The second kappa shape index (κ2) is 7.28. The Kier molecular flexibility index (Phi) is 4.90. The number of benzene rings is 1. The van der Waals surface area contributed by atoms with Gasteiger partial charge in [0.05, 0.1) is 16.9 Å². The maximum atomic E-state index is 12.6. The van der Waals surface area contributed by atoms with E-state index in [9.17, 15) is 4.79 Å². The number of amides is 1. The Morgan fingerprint density at radius 2 is 1.88 bits per heavy atom. The number of hydrogen-bond acceptors (Lipinski definition) is 4. The van der Waals surface area contributed by atoms with E-state index in [-0.39, 0.29) is 11.9 Å². The summed E-state index contributed by atoms with van der Waals surface area (Å²) in [6.45, 7) is 0.